The number of thioether (sulfide) groups is 1. The Kier molecular flexibility index (Phi) is 3.45. The molecule has 19 heavy (non-hydrogen) atoms. The van der Waals surface area contributed by atoms with Gasteiger partial charge in [0, 0.05) is 17.0 Å². The molecular formula is C13H18N4OS. The molecule has 3 rings (SSSR count). The van der Waals surface area contributed by atoms with Crippen LogP contribution in [0.3, 0.4) is 0 Å². The molecular weight excluding hydrogens is 260 g/mol. The van der Waals surface area contributed by atoms with E-state index in [9.17, 15) is 5.11 Å². The highest BCUT2D eigenvalue weighted by Crippen LogP contribution is 2.33. The number of nitrogens with zero attached hydrogens (tertiary/aromatic N) is 4. The summed E-state index contributed by atoms with van der Waals surface area (Å²) in [6.07, 6.45) is 4.01. The largest absolute Gasteiger partial charge is 0.392 e. The summed E-state index contributed by atoms with van der Waals surface area (Å²) in [7, 11) is 0. The van der Waals surface area contributed by atoms with Crippen molar-refractivity contribution in [2.75, 3.05) is 0 Å². The van der Waals surface area contributed by atoms with Crippen LogP contribution in [-0.2, 0) is 0 Å². The third kappa shape index (κ3) is 2.47. The zero-order chi connectivity index (χ0) is 13.4. The molecule has 1 N–H and O–H groups in total. The highest BCUT2D eigenvalue weighted by atomic mass is 32.2. The van der Waals surface area contributed by atoms with Gasteiger partial charge in [-0.2, -0.15) is 0 Å². The maximum Gasteiger partial charge on any atom is 0.197 e. The van der Waals surface area contributed by atoms with Gasteiger partial charge in [-0.3, -0.25) is 4.40 Å². The number of rotatable bonds is 2. The first kappa shape index (κ1) is 12.9. The lowest BCUT2D eigenvalue weighted by molar-refractivity contribution is 0.137. The molecule has 0 radical (unpaired) electrons. The summed E-state index contributed by atoms with van der Waals surface area (Å²) < 4.78 is 1.97. The minimum absolute atomic E-state index is 0.224. The van der Waals surface area contributed by atoms with Gasteiger partial charge >= 0.3 is 0 Å². The van der Waals surface area contributed by atoms with E-state index in [0.717, 1.165) is 41.6 Å². The third-order valence-electron chi connectivity index (χ3n) is 3.58. The molecule has 2 heterocycles. The second-order valence-electron chi connectivity index (χ2n) is 5.13. The van der Waals surface area contributed by atoms with Crippen LogP contribution in [0.15, 0.2) is 11.2 Å². The molecule has 0 aromatic carbocycles. The first-order valence-electron chi connectivity index (χ1n) is 6.69. The number of aliphatic hydroxyl groups is 1. The molecule has 2 aromatic rings. The van der Waals surface area contributed by atoms with Gasteiger partial charge in [0.15, 0.2) is 10.8 Å². The van der Waals surface area contributed by atoms with Crippen molar-refractivity contribution in [2.45, 2.75) is 56.0 Å². The van der Waals surface area contributed by atoms with Crippen LogP contribution in [0.25, 0.3) is 5.65 Å². The molecule has 2 atom stereocenters. The number of aliphatic hydroxyl groups excluding tert-OH is 1. The standard InChI is InChI=1S/C13H18N4OS/c1-8-7-12-15-16-13(17(12)9(2)14-8)19-11-6-4-3-5-10(11)18/h7,10-11,18H,3-6H2,1-2H3. The van der Waals surface area contributed by atoms with Gasteiger partial charge in [0.05, 0.1) is 6.10 Å². The SMILES string of the molecule is Cc1cc2nnc(SC3CCCCC3O)n2c(C)n1. The van der Waals surface area contributed by atoms with Crippen LogP contribution in [0.1, 0.15) is 37.2 Å². The van der Waals surface area contributed by atoms with Gasteiger partial charge in [0.25, 0.3) is 0 Å². The van der Waals surface area contributed by atoms with Crippen molar-refractivity contribution < 1.29 is 5.11 Å². The molecule has 0 amide bonds. The van der Waals surface area contributed by atoms with Crippen molar-refractivity contribution >= 4 is 17.4 Å². The minimum Gasteiger partial charge on any atom is -0.392 e. The quantitative estimate of drug-likeness (QED) is 0.912. The summed E-state index contributed by atoms with van der Waals surface area (Å²) in [5, 5.41) is 19.6. The molecule has 1 aliphatic rings. The lowest BCUT2D eigenvalue weighted by Gasteiger charge is -2.26. The summed E-state index contributed by atoms with van der Waals surface area (Å²) in [5.74, 6) is 0.896. The summed E-state index contributed by atoms with van der Waals surface area (Å²) >= 11 is 1.63. The Balaban J connectivity index is 1.93. The second-order valence-corrected chi connectivity index (χ2v) is 6.34. The van der Waals surface area contributed by atoms with Gasteiger partial charge < -0.3 is 5.11 Å². The zero-order valence-corrected chi connectivity index (χ0v) is 12.0. The van der Waals surface area contributed by atoms with Crippen molar-refractivity contribution in [3.05, 3.63) is 17.6 Å². The van der Waals surface area contributed by atoms with Crippen molar-refractivity contribution in [3.63, 3.8) is 0 Å². The lowest BCUT2D eigenvalue weighted by Crippen LogP contribution is -2.27. The average Bonchev–Trinajstić information content (AvgIpc) is 2.75. The van der Waals surface area contributed by atoms with E-state index in [-0.39, 0.29) is 11.4 Å². The Labute approximate surface area is 116 Å². The molecule has 1 saturated carbocycles. The topological polar surface area (TPSA) is 63.3 Å². The van der Waals surface area contributed by atoms with Crippen LogP contribution in [0.4, 0.5) is 0 Å². The monoisotopic (exact) mass is 278 g/mol. The number of aromatic nitrogens is 4. The van der Waals surface area contributed by atoms with Crippen molar-refractivity contribution in [1.29, 1.82) is 0 Å². The van der Waals surface area contributed by atoms with Crippen molar-refractivity contribution in [1.82, 2.24) is 19.6 Å². The summed E-state index contributed by atoms with van der Waals surface area (Å²) in [6, 6.07) is 1.93. The molecule has 1 aliphatic carbocycles. The fourth-order valence-corrected chi connectivity index (χ4v) is 3.90. The molecule has 2 aromatic heterocycles. The predicted molar refractivity (Wildman–Crippen MR) is 74.4 cm³/mol. The Bertz CT molecular complexity index is 598. The first-order valence-corrected chi connectivity index (χ1v) is 7.57. The van der Waals surface area contributed by atoms with Crippen molar-refractivity contribution in [3.8, 4) is 0 Å². The molecule has 1 fully saturated rings. The van der Waals surface area contributed by atoms with Gasteiger partial charge in [0.1, 0.15) is 5.82 Å². The number of hydrogen-bond donors (Lipinski definition) is 1. The molecule has 102 valence electrons. The van der Waals surface area contributed by atoms with Crippen LogP contribution < -0.4 is 0 Å². The summed E-state index contributed by atoms with van der Waals surface area (Å²) in [6.45, 7) is 3.92. The molecule has 0 aliphatic heterocycles. The maximum absolute atomic E-state index is 10.1. The van der Waals surface area contributed by atoms with Crippen LogP contribution in [0, 0.1) is 13.8 Å². The van der Waals surface area contributed by atoms with Gasteiger partial charge in [0.2, 0.25) is 0 Å². The number of hydrogen-bond acceptors (Lipinski definition) is 5. The molecule has 2 unspecified atom stereocenters. The highest BCUT2D eigenvalue weighted by Gasteiger charge is 2.26. The smallest absolute Gasteiger partial charge is 0.197 e. The highest BCUT2D eigenvalue weighted by molar-refractivity contribution is 7.99. The normalized spacial score (nSPS) is 23.9. The second kappa shape index (κ2) is 5.09. The van der Waals surface area contributed by atoms with Crippen LogP contribution in [-0.4, -0.2) is 36.0 Å². The minimum atomic E-state index is -0.232. The van der Waals surface area contributed by atoms with E-state index in [1.807, 2.05) is 24.3 Å². The average molecular weight is 278 g/mol. The molecule has 6 heteroatoms. The zero-order valence-electron chi connectivity index (χ0n) is 11.2. The third-order valence-corrected chi connectivity index (χ3v) is 4.91. The van der Waals surface area contributed by atoms with E-state index in [0.29, 0.717) is 0 Å². The predicted octanol–water partition coefficient (Wildman–Crippen LogP) is 2.14. The fourth-order valence-electron chi connectivity index (χ4n) is 2.63. The first-order chi connectivity index (χ1) is 9.15. The van der Waals surface area contributed by atoms with Gasteiger partial charge in [-0.1, -0.05) is 24.6 Å². The van der Waals surface area contributed by atoms with E-state index in [1.165, 1.54) is 6.42 Å². The number of fused-ring (bicyclic) bond motifs is 1. The molecule has 0 saturated heterocycles. The Hall–Kier alpha value is -1.14. The fraction of sp³-hybridized carbons (Fsp3) is 0.615. The van der Waals surface area contributed by atoms with Crippen molar-refractivity contribution in [2.24, 2.45) is 0 Å². The van der Waals surface area contributed by atoms with E-state index in [1.54, 1.807) is 11.8 Å². The Morgan fingerprint density at radius 2 is 2.05 bits per heavy atom. The molecule has 0 bridgehead atoms. The van der Waals surface area contributed by atoms with E-state index in [2.05, 4.69) is 15.2 Å². The van der Waals surface area contributed by atoms with Gasteiger partial charge in [-0.25, -0.2) is 4.98 Å². The lowest BCUT2D eigenvalue weighted by atomic mass is 9.97. The number of aryl methyl sites for hydroxylation is 2. The Morgan fingerprint density at radius 3 is 2.84 bits per heavy atom. The van der Waals surface area contributed by atoms with Crippen LogP contribution >= 0.6 is 11.8 Å². The van der Waals surface area contributed by atoms with Crippen LogP contribution in [0.5, 0.6) is 0 Å². The Morgan fingerprint density at radius 1 is 1.26 bits per heavy atom. The van der Waals surface area contributed by atoms with Crippen LogP contribution in [0.2, 0.25) is 0 Å². The molecule has 5 nitrogen and oxygen atoms in total. The maximum atomic E-state index is 10.1. The van der Waals surface area contributed by atoms with E-state index < -0.39 is 0 Å². The molecule has 0 spiro atoms. The van der Waals surface area contributed by atoms with Gasteiger partial charge in [-0.05, 0) is 26.7 Å². The summed E-state index contributed by atoms with van der Waals surface area (Å²) in [5.41, 5.74) is 1.78. The van der Waals surface area contributed by atoms with E-state index in [4.69, 9.17) is 0 Å². The van der Waals surface area contributed by atoms with Gasteiger partial charge in [-0.15, -0.1) is 10.2 Å². The van der Waals surface area contributed by atoms with E-state index >= 15 is 0 Å². The summed E-state index contributed by atoms with van der Waals surface area (Å²) in [4.78, 5) is 4.45.